The Morgan fingerprint density at radius 2 is 1.50 bits per heavy atom. The van der Waals surface area contributed by atoms with E-state index in [9.17, 15) is 4.79 Å². The first-order valence-electron chi connectivity index (χ1n) is 6.01. The molecule has 0 aliphatic rings. The van der Waals surface area contributed by atoms with Crippen molar-refractivity contribution in [3.05, 3.63) is 77.4 Å². The Morgan fingerprint density at radius 3 is 2.11 bits per heavy atom. The Morgan fingerprint density at radius 1 is 0.889 bits per heavy atom. The van der Waals surface area contributed by atoms with Crippen LogP contribution in [0.25, 0.3) is 5.57 Å². The van der Waals surface area contributed by atoms with Gasteiger partial charge >= 0.3 is 0 Å². The lowest BCUT2D eigenvalue weighted by Crippen LogP contribution is -1.95. The summed E-state index contributed by atoms with van der Waals surface area (Å²) in [6.07, 6.45) is 1.69. The Kier molecular flexibility index (Phi) is 3.73. The molecule has 0 heterocycles. The highest BCUT2D eigenvalue weighted by atomic mass is 16.1. The quantitative estimate of drug-likeness (QED) is 0.574. The zero-order valence-corrected chi connectivity index (χ0v) is 10.7. The highest BCUT2D eigenvalue weighted by Gasteiger charge is 2.03. The van der Waals surface area contributed by atoms with Crippen LogP contribution in [0.5, 0.6) is 0 Å². The molecule has 0 saturated carbocycles. The fourth-order valence-corrected chi connectivity index (χ4v) is 1.78. The van der Waals surface area contributed by atoms with Crippen LogP contribution in [0.4, 0.5) is 0 Å². The summed E-state index contributed by atoms with van der Waals surface area (Å²) in [5.74, 6) is 0.0497. The maximum absolute atomic E-state index is 12.0. The number of hydrogen-bond acceptors (Lipinski definition) is 1. The van der Waals surface area contributed by atoms with Gasteiger partial charge in [0.25, 0.3) is 0 Å². The van der Waals surface area contributed by atoms with Crippen LogP contribution in [0.1, 0.15) is 28.4 Å². The normalized spacial score (nSPS) is 11.3. The van der Waals surface area contributed by atoms with Gasteiger partial charge < -0.3 is 0 Å². The topological polar surface area (TPSA) is 17.1 Å². The molecule has 0 aromatic heterocycles. The van der Waals surface area contributed by atoms with E-state index in [1.807, 2.05) is 49.4 Å². The third-order valence-electron chi connectivity index (χ3n) is 2.91. The van der Waals surface area contributed by atoms with Gasteiger partial charge in [-0.3, -0.25) is 4.79 Å². The van der Waals surface area contributed by atoms with Crippen molar-refractivity contribution in [1.29, 1.82) is 0 Å². The van der Waals surface area contributed by atoms with Crippen molar-refractivity contribution < 1.29 is 4.79 Å². The first-order chi connectivity index (χ1) is 8.66. The number of aryl methyl sites for hydroxylation is 1. The van der Waals surface area contributed by atoms with Gasteiger partial charge in [-0.2, -0.15) is 0 Å². The molecule has 0 fully saturated rings. The summed E-state index contributed by atoms with van der Waals surface area (Å²) in [5, 5.41) is 0. The van der Waals surface area contributed by atoms with Crippen LogP contribution in [-0.4, -0.2) is 5.78 Å². The van der Waals surface area contributed by atoms with Crippen molar-refractivity contribution in [3.8, 4) is 0 Å². The van der Waals surface area contributed by atoms with E-state index in [4.69, 9.17) is 0 Å². The van der Waals surface area contributed by atoms with E-state index in [-0.39, 0.29) is 5.78 Å². The molecule has 0 bridgehead atoms. The second-order valence-corrected chi connectivity index (χ2v) is 4.42. The van der Waals surface area contributed by atoms with Gasteiger partial charge in [-0.15, -0.1) is 0 Å². The molecule has 1 heteroatoms. The summed E-state index contributed by atoms with van der Waals surface area (Å²) in [6, 6.07) is 17.5. The molecule has 0 spiro atoms. The standard InChI is InChI=1S/C17H16O/c1-13-8-10-15(11-9-13)14(2)12-17(18)16-6-4-3-5-7-16/h3-12H,1-2H3/b14-12-. The van der Waals surface area contributed by atoms with Crippen molar-refractivity contribution in [2.45, 2.75) is 13.8 Å². The molecule has 0 saturated heterocycles. The molecule has 0 amide bonds. The minimum Gasteiger partial charge on any atom is -0.289 e. The van der Waals surface area contributed by atoms with E-state index in [0.29, 0.717) is 0 Å². The predicted octanol–water partition coefficient (Wildman–Crippen LogP) is 4.28. The highest BCUT2D eigenvalue weighted by molar-refractivity contribution is 6.08. The zero-order valence-electron chi connectivity index (χ0n) is 10.7. The van der Waals surface area contributed by atoms with Gasteiger partial charge in [0, 0.05) is 5.56 Å². The molecule has 0 radical (unpaired) electrons. The minimum absolute atomic E-state index is 0.0497. The second kappa shape index (κ2) is 5.46. The SMILES string of the molecule is C/C(=C/C(=O)c1ccccc1)c1ccc(C)cc1. The molecule has 90 valence electrons. The molecule has 0 N–H and O–H groups in total. The molecular weight excluding hydrogens is 220 g/mol. The average Bonchev–Trinajstić information content (AvgIpc) is 2.40. The second-order valence-electron chi connectivity index (χ2n) is 4.42. The molecule has 0 atom stereocenters. The number of carbonyl (C=O) groups is 1. The average molecular weight is 236 g/mol. The van der Waals surface area contributed by atoms with Crippen LogP contribution in [-0.2, 0) is 0 Å². The Labute approximate surface area is 108 Å². The van der Waals surface area contributed by atoms with Crippen molar-refractivity contribution in [2.75, 3.05) is 0 Å². The van der Waals surface area contributed by atoms with Crippen LogP contribution in [0.2, 0.25) is 0 Å². The van der Waals surface area contributed by atoms with E-state index in [1.165, 1.54) is 5.56 Å². The van der Waals surface area contributed by atoms with Gasteiger partial charge in [0.1, 0.15) is 0 Å². The fourth-order valence-electron chi connectivity index (χ4n) is 1.78. The minimum atomic E-state index is 0.0497. The van der Waals surface area contributed by atoms with Crippen LogP contribution < -0.4 is 0 Å². The Bertz CT molecular complexity index is 562. The lowest BCUT2D eigenvalue weighted by Gasteiger charge is -2.02. The lowest BCUT2D eigenvalue weighted by molar-refractivity contribution is 0.104. The first-order valence-corrected chi connectivity index (χ1v) is 6.01. The van der Waals surface area contributed by atoms with E-state index in [1.54, 1.807) is 6.08 Å². The summed E-state index contributed by atoms with van der Waals surface area (Å²) in [4.78, 5) is 12.0. The molecule has 0 aliphatic carbocycles. The molecule has 0 aliphatic heterocycles. The summed E-state index contributed by atoms with van der Waals surface area (Å²) in [6.45, 7) is 4.02. The molecule has 18 heavy (non-hydrogen) atoms. The summed E-state index contributed by atoms with van der Waals surface area (Å²) in [5.41, 5.74) is 4.03. The fraction of sp³-hybridized carbons (Fsp3) is 0.118. The third-order valence-corrected chi connectivity index (χ3v) is 2.91. The van der Waals surface area contributed by atoms with E-state index in [0.717, 1.165) is 16.7 Å². The summed E-state index contributed by atoms with van der Waals surface area (Å²) < 4.78 is 0. The maximum Gasteiger partial charge on any atom is 0.186 e. The number of hydrogen-bond donors (Lipinski definition) is 0. The van der Waals surface area contributed by atoms with Gasteiger partial charge in [0.2, 0.25) is 0 Å². The first kappa shape index (κ1) is 12.3. The Hall–Kier alpha value is -2.15. The number of benzene rings is 2. The number of ketones is 1. The number of allylic oxidation sites excluding steroid dienone is 2. The molecule has 2 rings (SSSR count). The van der Waals surface area contributed by atoms with Crippen LogP contribution in [0.3, 0.4) is 0 Å². The summed E-state index contributed by atoms with van der Waals surface area (Å²) in [7, 11) is 0. The van der Waals surface area contributed by atoms with Crippen molar-refractivity contribution >= 4 is 11.4 Å². The number of carbonyl (C=O) groups excluding carboxylic acids is 1. The predicted molar refractivity (Wildman–Crippen MR) is 75.6 cm³/mol. The van der Waals surface area contributed by atoms with Crippen LogP contribution in [0, 0.1) is 6.92 Å². The maximum atomic E-state index is 12.0. The van der Waals surface area contributed by atoms with Gasteiger partial charge in [0.05, 0.1) is 0 Å². The largest absolute Gasteiger partial charge is 0.289 e. The van der Waals surface area contributed by atoms with Crippen LogP contribution in [0.15, 0.2) is 60.7 Å². The van der Waals surface area contributed by atoms with Crippen molar-refractivity contribution in [3.63, 3.8) is 0 Å². The third kappa shape index (κ3) is 2.95. The smallest absolute Gasteiger partial charge is 0.186 e. The van der Waals surface area contributed by atoms with Gasteiger partial charge in [-0.25, -0.2) is 0 Å². The van der Waals surface area contributed by atoms with Gasteiger partial charge in [-0.1, -0.05) is 60.2 Å². The van der Waals surface area contributed by atoms with E-state index < -0.39 is 0 Å². The number of rotatable bonds is 3. The van der Waals surface area contributed by atoms with Crippen molar-refractivity contribution in [2.24, 2.45) is 0 Å². The molecule has 2 aromatic rings. The molecule has 1 nitrogen and oxygen atoms in total. The Balaban J connectivity index is 2.23. The molecule has 0 unspecified atom stereocenters. The molecule has 2 aromatic carbocycles. The van der Waals surface area contributed by atoms with Gasteiger partial charge in [-0.05, 0) is 31.1 Å². The lowest BCUT2D eigenvalue weighted by atomic mass is 10.0. The van der Waals surface area contributed by atoms with E-state index >= 15 is 0 Å². The highest BCUT2D eigenvalue weighted by Crippen LogP contribution is 2.15. The molecular formula is C17H16O. The summed E-state index contributed by atoms with van der Waals surface area (Å²) >= 11 is 0. The monoisotopic (exact) mass is 236 g/mol. The van der Waals surface area contributed by atoms with Crippen LogP contribution >= 0.6 is 0 Å². The van der Waals surface area contributed by atoms with E-state index in [2.05, 4.69) is 19.1 Å². The zero-order chi connectivity index (χ0) is 13.0. The van der Waals surface area contributed by atoms with Gasteiger partial charge in [0.15, 0.2) is 5.78 Å². The van der Waals surface area contributed by atoms with Crippen molar-refractivity contribution in [1.82, 2.24) is 0 Å².